The van der Waals surface area contributed by atoms with Crippen molar-refractivity contribution in [3.63, 3.8) is 0 Å². The van der Waals surface area contributed by atoms with Crippen LogP contribution in [0.25, 0.3) is 0 Å². The van der Waals surface area contributed by atoms with Crippen LogP contribution in [0.3, 0.4) is 0 Å². The van der Waals surface area contributed by atoms with Gasteiger partial charge in [0.05, 0.1) is 0 Å². The summed E-state index contributed by atoms with van der Waals surface area (Å²) >= 11 is 4.90. The number of aryl methyl sites for hydroxylation is 3. The predicted octanol–water partition coefficient (Wildman–Crippen LogP) is 3.52. The van der Waals surface area contributed by atoms with E-state index in [9.17, 15) is 4.79 Å². The summed E-state index contributed by atoms with van der Waals surface area (Å²) < 4.78 is 0. The molecule has 0 saturated heterocycles. The smallest absolute Gasteiger partial charge is 0.226 e. The first kappa shape index (κ1) is 20.7. The van der Waals surface area contributed by atoms with Crippen LogP contribution >= 0.6 is 34.4 Å². The SMILES string of the molecule is CNc1nnc(CCSCCc2nnc(NC(=O)CCc3ccccc3)s2)s1. The minimum atomic E-state index is -0.0288. The first-order valence-electron chi connectivity index (χ1n) is 8.97. The van der Waals surface area contributed by atoms with E-state index in [4.69, 9.17) is 0 Å². The van der Waals surface area contributed by atoms with Crippen LogP contribution in [0.15, 0.2) is 30.3 Å². The number of benzene rings is 1. The van der Waals surface area contributed by atoms with Gasteiger partial charge >= 0.3 is 0 Å². The second-order valence-corrected chi connectivity index (χ2v) is 9.25. The molecule has 2 aromatic heterocycles. The molecular formula is C18H22N6OS3. The molecule has 0 aliphatic rings. The van der Waals surface area contributed by atoms with Crippen molar-refractivity contribution < 1.29 is 4.79 Å². The molecule has 2 heterocycles. The Kier molecular flexibility index (Phi) is 8.19. The van der Waals surface area contributed by atoms with Crippen LogP contribution in [0.4, 0.5) is 10.3 Å². The zero-order valence-corrected chi connectivity index (χ0v) is 18.0. The molecule has 1 aromatic carbocycles. The molecule has 0 atom stereocenters. The highest BCUT2D eigenvalue weighted by molar-refractivity contribution is 7.99. The lowest BCUT2D eigenvalue weighted by atomic mass is 10.1. The summed E-state index contributed by atoms with van der Waals surface area (Å²) in [5.41, 5.74) is 1.16. The molecule has 1 amide bonds. The summed E-state index contributed by atoms with van der Waals surface area (Å²) in [6.45, 7) is 0. The number of amides is 1. The van der Waals surface area contributed by atoms with Crippen LogP contribution in [0, 0.1) is 0 Å². The molecule has 0 aliphatic heterocycles. The summed E-state index contributed by atoms with van der Waals surface area (Å²) in [7, 11) is 1.85. The summed E-state index contributed by atoms with van der Waals surface area (Å²) in [4.78, 5) is 12.1. The topological polar surface area (TPSA) is 92.7 Å². The molecule has 10 heteroatoms. The first-order chi connectivity index (χ1) is 13.7. The van der Waals surface area contributed by atoms with Gasteiger partial charge in [-0.1, -0.05) is 53.0 Å². The molecule has 148 valence electrons. The van der Waals surface area contributed by atoms with Gasteiger partial charge in [0, 0.05) is 26.3 Å². The van der Waals surface area contributed by atoms with Gasteiger partial charge in [0.15, 0.2) is 0 Å². The van der Waals surface area contributed by atoms with Crippen LogP contribution in [0.2, 0.25) is 0 Å². The van der Waals surface area contributed by atoms with Crippen molar-refractivity contribution in [3.8, 4) is 0 Å². The van der Waals surface area contributed by atoms with E-state index >= 15 is 0 Å². The largest absolute Gasteiger partial charge is 0.363 e. The Balaban J connectivity index is 1.31. The highest BCUT2D eigenvalue weighted by Crippen LogP contribution is 2.19. The Hall–Kier alpha value is -2.04. The maximum atomic E-state index is 12.1. The van der Waals surface area contributed by atoms with Gasteiger partial charge in [0.2, 0.25) is 16.2 Å². The summed E-state index contributed by atoms with van der Waals surface area (Å²) in [5.74, 6) is 1.94. The molecule has 3 rings (SSSR count). The lowest BCUT2D eigenvalue weighted by Gasteiger charge is -2.01. The summed E-state index contributed by atoms with van der Waals surface area (Å²) in [6, 6.07) is 9.99. The number of carbonyl (C=O) groups is 1. The van der Waals surface area contributed by atoms with Crippen LogP contribution in [0.5, 0.6) is 0 Å². The fourth-order valence-electron chi connectivity index (χ4n) is 2.37. The first-order valence-corrected chi connectivity index (χ1v) is 11.8. The predicted molar refractivity (Wildman–Crippen MR) is 117 cm³/mol. The quantitative estimate of drug-likeness (QED) is 0.446. The highest BCUT2D eigenvalue weighted by atomic mass is 32.2. The van der Waals surface area contributed by atoms with Crippen molar-refractivity contribution in [1.29, 1.82) is 0 Å². The Morgan fingerprint density at radius 1 is 0.929 bits per heavy atom. The summed E-state index contributed by atoms with van der Waals surface area (Å²) in [5, 5.41) is 25.7. The fraction of sp³-hybridized carbons (Fsp3) is 0.389. The molecule has 0 fully saturated rings. The van der Waals surface area contributed by atoms with Gasteiger partial charge in [-0.15, -0.1) is 20.4 Å². The molecular weight excluding hydrogens is 412 g/mol. The average molecular weight is 435 g/mol. The van der Waals surface area contributed by atoms with E-state index < -0.39 is 0 Å². The van der Waals surface area contributed by atoms with Crippen LogP contribution in [-0.2, 0) is 24.1 Å². The maximum Gasteiger partial charge on any atom is 0.226 e. The third-order valence-electron chi connectivity index (χ3n) is 3.80. The number of rotatable bonds is 11. The van der Waals surface area contributed by atoms with E-state index in [0.717, 1.165) is 51.5 Å². The Morgan fingerprint density at radius 3 is 2.21 bits per heavy atom. The third kappa shape index (κ3) is 6.84. The van der Waals surface area contributed by atoms with Crippen molar-refractivity contribution in [2.45, 2.75) is 25.7 Å². The van der Waals surface area contributed by atoms with Crippen molar-refractivity contribution in [3.05, 3.63) is 45.9 Å². The van der Waals surface area contributed by atoms with E-state index in [1.807, 2.05) is 49.1 Å². The molecule has 2 N–H and O–H groups in total. The van der Waals surface area contributed by atoms with E-state index in [1.165, 1.54) is 11.3 Å². The van der Waals surface area contributed by atoms with Gasteiger partial charge in [0.1, 0.15) is 10.0 Å². The number of carbonyl (C=O) groups excluding carboxylic acids is 1. The van der Waals surface area contributed by atoms with E-state index in [0.29, 0.717) is 11.6 Å². The number of aromatic nitrogens is 4. The molecule has 0 radical (unpaired) electrons. The molecule has 0 aliphatic carbocycles. The second kappa shape index (κ2) is 11.1. The van der Waals surface area contributed by atoms with Crippen molar-refractivity contribution in [2.75, 3.05) is 29.2 Å². The van der Waals surface area contributed by atoms with Gasteiger partial charge in [-0.3, -0.25) is 4.79 Å². The number of nitrogens with zero attached hydrogens (tertiary/aromatic N) is 4. The fourth-order valence-corrected chi connectivity index (χ4v) is 4.95. The molecule has 3 aromatic rings. The van der Waals surface area contributed by atoms with Crippen molar-refractivity contribution in [2.24, 2.45) is 0 Å². The van der Waals surface area contributed by atoms with Gasteiger partial charge in [0.25, 0.3) is 0 Å². The maximum absolute atomic E-state index is 12.1. The van der Waals surface area contributed by atoms with Crippen molar-refractivity contribution in [1.82, 2.24) is 20.4 Å². The molecule has 0 spiro atoms. The van der Waals surface area contributed by atoms with Crippen LogP contribution in [-0.4, -0.2) is 44.9 Å². The lowest BCUT2D eigenvalue weighted by Crippen LogP contribution is -2.12. The standard InChI is InChI=1S/C18H22N6OS3/c1-19-17-23-21-15(27-17)9-11-26-12-10-16-22-24-18(28-16)20-14(25)8-7-13-5-3-2-4-6-13/h2-6H,7-12H2,1H3,(H,19,23)(H,20,24,25). The third-order valence-corrected chi connectivity index (χ3v) is 6.68. The number of hydrogen-bond donors (Lipinski definition) is 2. The van der Waals surface area contributed by atoms with Gasteiger partial charge < -0.3 is 10.6 Å². The average Bonchev–Trinajstić information content (AvgIpc) is 3.36. The molecule has 0 bridgehead atoms. The van der Waals surface area contributed by atoms with Crippen molar-refractivity contribution >= 4 is 50.6 Å². The number of nitrogens with one attached hydrogen (secondary N) is 2. The monoisotopic (exact) mass is 434 g/mol. The zero-order chi connectivity index (χ0) is 19.6. The van der Waals surface area contributed by atoms with E-state index in [2.05, 4.69) is 31.0 Å². The Bertz CT molecular complexity index is 867. The normalized spacial score (nSPS) is 10.8. The molecule has 7 nitrogen and oxygen atoms in total. The molecule has 28 heavy (non-hydrogen) atoms. The van der Waals surface area contributed by atoms with Gasteiger partial charge in [-0.05, 0) is 23.5 Å². The van der Waals surface area contributed by atoms with Crippen LogP contribution < -0.4 is 10.6 Å². The minimum absolute atomic E-state index is 0.0288. The van der Waals surface area contributed by atoms with Crippen LogP contribution in [0.1, 0.15) is 22.0 Å². The Morgan fingerprint density at radius 2 is 1.57 bits per heavy atom. The lowest BCUT2D eigenvalue weighted by molar-refractivity contribution is -0.116. The van der Waals surface area contributed by atoms with Gasteiger partial charge in [-0.2, -0.15) is 11.8 Å². The molecule has 0 unspecified atom stereocenters. The minimum Gasteiger partial charge on any atom is -0.363 e. The summed E-state index contributed by atoms with van der Waals surface area (Å²) in [6.07, 6.45) is 2.93. The number of thioether (sulfide) groups is 1. The number of hydrogen-bond acceptors (Lipinski definition) is 9. The second-order valence-electron chi connectivity index (χ2n) is 5.90. The Labute approximate surface area is 176 Å². The molecule has 0 saturated carbocycles. The highest BCUT2D eigenvalue weighted by Gasteiger charge is 2.09. The van der Waals surface area contributed by atoms with E-state index in [-0.39, 0.29) is 5.91 Å². The van der Waals surface area contributed by atoms with Gasteiger partial charge in [-0.25, -0.2) is 0 Å². The zero-order valence-electron chi connectivity index (χ0n) is 15.6. The number of anilines is 2. The van der Waals surface area contributed by atoms with E-state index in [1.54, 1.807) is 11.3 Å².